The number of nitrogen functional groups attached to an aromatic ring is 1. The molecule has 6 heteroatoms. The van der Waals surface area contributed by atoms with E-state index in [1.54, 1.807) is 0 Å². The number of hydrogen-bond acceptors (Lipinski definition) is 5. The van der Waals surface area contributed by atoms with Crippen molar-refractivity contribution < 1.29 is 4.74 Å². The Kier molecular flexibility index (Phi) is 3.62. The zero-order valence-corrected chi connectivity index (χ0v) is 11.9. The van der Waals surface area contributed by atoms with Crippen molar-refractivity contribution in [3.63, 3.8) is 0 Å². The van der Waals surface area contributed by atoms with Crippen molar-refractivity contribution in [2.75, 3.05) is 36.9 Å². The van der Waals surface area contributed by atoms with Gasteiger partial charge in [0.05, 0.1) is 18.8 Å². The molecule has 2 heterocycles. The van der Waals surface area contributed by atoms with Crippen LogP contribution in [-0.2, 0) is 4.74 Å². The lowest BCUT2D eigenvalue weighted by Crippen LogP contribution is -2.38. The predicted octanol–water partition coefficient (Wildman–Crippen LogP) is 1.16. The summed E-state index contributed by atoms with van der Waals surface area (Å²) in [5.74, 6) is 0.771. The van der Waals surface area contributed by atoms with Crippen LogP contribution in [0.3, 0.4) is 0 Å². The lowest BCUT2D eigenvalue weighted by atomic mass is 10.0. The number of benzene rings is 1. The van der Waals surface area contributed by atoms with Gasteiger partial charge in [-0.2, -0.15) is 4.98 Å². The molecule has 1 saturated heterocycles. The summed E-state index contributed by atoms with van der Waals surface area (Å²) in [7, 11) is 0. The molecule has 3 N–H and O–H groups in total. The topological polar surface area (TPSA) is 84.2 Å². The monoisotopic (exact) mass is 286 g/mol. The first-order chi connectivity index (χ1) is 10.2. The minimum Gasteiger partial charge on any atom is -0.383 e. The maximum absolute atomic E-state index is 12.4. The third-order valence-corrected chi connectivity index (χ3v) is 3.66. The van der Waals surface area contributed by atoms with Gasteiger partial charge in [-0.1, -0.05) is 24.3 Å². The van der Waals surface area contributed by atoms with Crippen LogP contribution in [0, 0.1) is 6.92 Å². The summed E-state index contributed by atoms with van der Waals surface area (Å²) in [4.78, 5) is 21.6. The summed E-state index contributed by atoms with van der Waals surface area (Å²) in [5.41, 5.74) is 8.08. The van der Waals surface area contributed by atoms with Crippen LogP contribution in [0.15, 0.2) is 29.1 Å². The number of H-pyrrole nitrogens is 1. The molecule has 0 aliphatic carbocycles. The molecule has 0 amide bonds. The second-order valence-corrected chi connectivity index (χ2v) is 5.06. The molecule has 0 unspecified atom stereocenters. The molecule has 0 saturated carbocycles. The summed E-state index contributed by atoms with van der Waals surface area (Å²) < 4.78 is 5.30. The number of rotatable bonds is 2. The second kappa shape index (κ2) is 5.57. The largest absolute Gasteiger partial charge is 0.383 e. The fourth-order valence-electron chi connectivity index (χ4n) is 2.52. The minimum atomic E-state index is -0.210. The van der Waals surface area contributed by atoms with Crippen molar-refractivity contribution >= 4 is 11.8 Å². The maximum Gasteiger partial charge on any atom is 0.262 e. The van der Waals surface area contributed by atoms with E-state index in [-0.39, 0.29) is 11.4 Å². The van der Waals surface area contributed by atoms with Crippen LogP contribution in [0.4, 0.5) is 11.8 Å². The number of anilines is 2. The predicted molar refractivity (Wildman–Crippen MR) is 82.5 cm³/mol. The average molecular weight is 286 g/mol. The van der Waals surface area contributed by atoms with Gasteiger partial charge in [-0.3, -0.25) is 9.78 Å². The van der Waals surface area contributed by atoms with Crippen LogP contribution in [-0.4, -0.2) is 36.3 Å². The lowest BCUT2D eigenvalue weighted by molar-refractivity contribution is 0.122. The molecule has 21 heavy (non-hydrogen) atoms. The van der Waals surface area contributed by atoms with Crippen LogP contribution < -0.4 is 16.2 Å². The molecule has 2 aromatic rings. The first kappa shape index (κ1) is 13.6. The number of nitrogens with one attached hydrogen (secondary N) is 1. The highest BCUT2D eigenvalue weighted by Gasteiger charge is 2.18. The van der Waals surface area contributed by atoms with Crippen molar-refractivity contribution in [3.8, 4) is 11.1 Å². The summed E-state index contributed by atoms with van der Waals surface area (Å²) in [5, 5.41) is 0. The van der Waals surface area contributed by atoms with E-state index in [4.69, 9.17) is 10.5 Å². The molecule has 110 valence electrons. The van der Waals surface area contributed by atoms with Gasteiger partial charge in [0, 0.05) is 13.1 Å². The smallest absolute Gasteiger partial charge is 0.262 e. The number of nitrogens with zero attached hydrogens (tertiary/aromatic N) is 2. The van der Waals surface area contributed by atoms with Gasteiger partial charge in [0.2, 0.25) is 5.95 Å². The highest BCUT2D eigenvalue weighted by molar-refractivity contribution is 5.76. The molecule has 0 atom stereocenters. The number of morpholine rings is 1. The minimum absolute atomic E-state index is 0.210. The zero-order valence-electron chi connectivity index (χ0n) is 11.9. The van der Waals surface area contributed by atoms with Crippen molar-refractivity contribution in [2.45, 2.75) is 6.92 Å². The Morgan fingerprint density at radius 3 is 2.67 bits per heavy atom. The van der Waals surface area contributed by atoms with Crippen molar-refractivity contribution in [2.24, 2.45) is 0 Å². The maximum atomic E-state index is 12.4. The standard InChI is InChI=1S/C15H18N4O2/c1-10-4-2-3-5-11(10)12-13(16)17-15(18-14(12)20)19-6-8-21-9-7-19/h2-5H,6-9H2,1H3,(H3,16,17,18,20). The first-order valence-corrected chi connectivity index (χ1v) is 6.95. The van der Waals surface area contributed by atoms with Gasteiger partial charge in [0.25, 0.3) is 5.56 Å². The van der Waals surface area contributed by atoms with Gasteiger partial charge in [-0.05, 0) is 18.1 Å². The highest BCUT2D eigenvalue weighted by atomic mass is 16.5. The third kappa shape index (κ3) is 2.62. The van der Waals surface area contributed by atoms with Crippen LogP contribution in [0.25, 0.3) is 11.1 Å². The van der Waals surface area contributed by atoms with Crippen LogP contribution in [0.1, 0.15) is 5.56 Å². The first-order valence-electron chi connectivity index (χ1n) is 6.95. The molecule has 0 spiro atoms. The van der Waals surface area contributed by atoms with Gasteiger partial charge >= 0.3 is 0 Å². The number of aryl methyl sites for hydroxylation is 1. The number of hydrogen-bond donors (Lipinski definition) is 2. The molecule has 1 aromatic heterocycles. The Labute approximate surface area is 122 Å². The van der Waals surface area contributed by atoms with E-state index < -0.39 is 0 Å². The van der Waals surface area contributed by atoms with E-state index in [2.05, 4.69) is 9.97 Å². The molecule has 6 nitrogen and oxygen atoms in total. The van der Waals surface area contributed by atoms with Crippen LogP contribution >= 0.6 is 0 Å². The zero-order chi connectivity index (χ0) is 14.8. The number of aromatic amines is 1. The number of nitrogens with two attached hydrogens (primary N) is 1. The third-order valence-electron chi connectivity index (χ3n) is 3.66. The van der Waals surface area contributed by atoms with Crippen LogP contribution in [0.5, 0.6) is 0 Å². The van der Waals surface area contributed by atoms with E-state index in [1.807, 2.05) is 36.1 Å². The molecular weight excluding hydrogens is 268 g/mol. The fraction of sp³-hybridized carbons (Fsp3) is 0.333. The molecule has 0 bridgehead atoms. The van der Waals surface area contributed by atoms with E-state index in [1.165, 1.54) is 0 Å². The molecule has 1 aliphatic rings. The lowest BCUT2D eigenvalue weighted by Gasteiger charge is -2.27. The van der Waals surface area contributed by atoms with Gasteiger partial charge in [-0.25, -0.2) is 0 Å². The van der Waals surface area contributed by atoms with E-state index in [9.17, 15) is 4.79 Å². The molecule has 0 radical (unpaired) electrons. The Hall–Kier alpha value is -2.34. The summed E-state index contributed by atoms with van der Waals surface area (Å²) in [6, 6.07) is 7.65. The average Bonchev–Trinajstić information content (AvgIpc) is 2.49. The Morgan fingerprint density at radius 2 is 2.00 bits per heavy atom. The molecule has 1 fully saturated rings. The molecule has 3 rings (SSSR count). The van der Waals surface area contributed by atoms with Crippen LogP contribution in [0.2, 0.25) is 0 Å². The molecule has 1 aromatic carbocycles. The summed E-state index contributed by atoms with van der Waals surface area (Å²) >= 11 is 0. The number of ether oxygens (including phenoxy) is 1. The molecular formula is C15H18N4O2. The van der Waals surface area contributed by atoms with Crippen molar-refractivity contribution in [3.05, 3.63) is 40.2 Å². The fourth-order valence-corrected chi connectivity index (χ4v) is 2.52. The van der Waals surface area contributed by atoms with Crippen molar-refractivity contribution in [1.29, 1.82) is 0 Å². The van der Waals surface area contributed by atoms with E-state index in [0.717, 1.165) is 11.1 Å². The highest BCUT2D eigenvalue weighted by Crippen LogP contribution is 2.25. The second-order valence-electron chi connectivity index (χ2n) is 5.06. The van der Waals surface area contributed by atoms with Gasteiger partial charge < -0.3 is 15.4 Å². The Morgan fingerprint density at radius 1 is 1.29 bits per heavy atom. The molecule has 1 aliphatic heterocycles. The van der Waals surface area contributed by atoms with Gasteiger partial charge in [0.15, 0.2) is 0 Å². The summed E-state index contributed by atoms with van der Waals surface area (Å²) in [6.07, 6.45) is 0. The van der Waals surface area contributed by atoms with Gasteiger partial charge in [0.1, 0.15) is 5.82 Å². The van der Waals surface area contributed by atoms with Gasteiger partial charge in [-0.15, -0.1) is 0 Å². The van der Waals surface area contributed by atoms with E-state index >= 15 is 0 Å². The SMILES string of the molecule is Cc1ccccc1-c1c(N)nc(N2CCOCC2)[nH]c1=O. The number of aromatic nitrogens is 2. The quantitative estimate of drug-likeness (QED) is 0.865. The summed E-state index contributed by atoms with van der Waals surface area (Å²) in [6.45, 7) is 4.61. The van der Waals surface area contributed by atoms with E-state index in [0.29, 0.717) is 37.8 Å². The Bertz CT molecular complexity index is 705. The Balaban J connectivity index is 2.05. The normalized spacial score (nSPS) is 15.2. The van der Waals surface area contributed by atoms with Crippen molar-refractivity contribution in [1.82, 2.24) is 9.97 Å².